The third-order valence-electron chi connectivity index (χ3n) is 6.59. The average molecular weight is 685 g/mol. The Morgan fingerprint density at radius 2 is 1.15 bits per heavy atom. The van der Waals surface area contributed by atoms with E-state index in [0.717, 1.165) is 28.6 Å². The number of primary amides is 1. The van der Waals surface area contributed by atoms with Gasteiger partial charge in [0.25, 0.3) is 11.1 Å². The van der Waals surface area contributed by atoms with E-state index >= 15 is 0 Å². The second-order valence-corrected chi connectivity index (χ2v) is 9.50. The highest BCUT2D eigenvalue weighted by molar-refractivity contribution is 5.76. The van der Waals surface area contributed by atoms with Crippen LogP contribution in [0.3, 0.4) is 0 Å². The van der Waals surface area contributed by atoms with Crippen LogP contribution < -0.4 is 34.4 Å². The van der Waals surface area contributed by atoms with Gasteiger partial charge in [-0.3, -0.25) is 38.3 Å². The van der Waals surface area contributed by atoms with Gasteiger partial charge in [0.05, 0.1) is 33.2 Å². The normalized spacial score (nSPS) is 25.9. The number of aromatic amines is 2. The van der Waals surface area contributed by atoms with Crippen LogP contribution >= 0.6 is 0 Å². The van der Waals surface area contributed by atoms with Crippen molar-refractivity contribution < 1.29 is 59.9 Å². The van der Waals surface area contributed by atoms with Crippen LogP contribution in [0.2, 0.25) is 0 Å². The quantitative estimate of drug-likeness (QED) is 0.116. The molecule has 8 atom stereocenters. The zero-order chi connectivity index (χ0) is 32.2. The van der Waals surface area contributed by atoms with E-state index in [1.165, 1.54) is 0 Å². The zero-order valence-corrected chi connectivity index (χ0v) is 23.6. The van der Waals surface area contributed by atoms with E-state index in [0.29, 0.717) is 0 Å². The number of carbonyl (C=O) groups excluding carboxylic acids is 2. The molecular formula is C25H44N6O16. The third kappa shape index (κ3) is 9.94. The molecule has 2 saturated heterocycles. The molecule has 22 heteroatoms. The molecule has 15 N–H and O–H groups in total. The van der Waals surface area contributed by atoms with Gasteiger partial charge in [-0.15, -0.1) is 0 Å². The number of carbonyl (C=O) groups is 2. The minimum absolute atomic E-state index is 0. The molecule has 2 aromatic rings. The number of H-pyrrole nitrogens is 2. The van der Waals surface area contributed by atoms with E-state index < -0.39 is 103 Å². The SMILES string of the molecule is C.C.COC(=O)Cc1cn([C@@H]2O[C@H](CO)[C@H](O)C2O)c(=O)[nH]c1=O.N.NC(=O)Cc1cn([C@@H]2O[C@H](CO)[C@H](O)C2O)c(=O)[nH]c1=O.O. The lowest BCUT2D eigenvalue weighted by Gasteiger charge is -2.17. The van der Waals surface area contributed by atoms with Crippen molar-refractivity contribution in [2.75, 3.05) is 20.3 Å². The summed E-state index contributed by atoms with van der Waals surface area (Å²) in [6.07, 6.45) is -9.15. The van der Waals surface area contributed by atoms with Gasteiger partial charge in [0.15, 0.2) is 12.5 Å². The summed E-state index contributed by atoms with van der Waals surface area (Å²) >= 11 is 0. The molecule has 2 fully saturated rings. The molecule has 1 amide bonds. The van der Waals surface area contributed by atoms with Crippen LogP contribution in [0.25, 0.3) is 0 Å². The fourth-order valence-electron chi connectivity index (χ4n) is 4.32. The van der Waals surface area contributed by atoms with E-state index in [-0.39, 0.29) is 44.0 Å². The number of hydrogen-bond acceptors (Lipinski definition) is 16. The molecule has 0 bridgehead atoms. The highest BCUT2D eigenvalue weighted by atomic mass is 16.6. The summed E-state index contributed by atoms with van der Waals surface area (Å²) in [5.41, 5.74) is 1.54. The number of nitrogens with two attached hydrogens (primary N) is 1. The van der Waals surface area contributed by atoms with Gasteiger partial charge >= 0.3 is 17.3 Å². The summed E-state index contributed by atoms with van der Waals surface area (Å²) < 4.78 is 16.5. The summed E-state index contributed by atoms with van der Waals surface area (Å²) in [4.78, 5) is 72.9. The maximum Gasteiger partial charge on any atom is 0.330 e. The van der Waals surface area contributed by atoms with E-state index in [4.69, 9.17) is 25.4 Å². The fraction of sp³-hybridized carbons (Fsp3) is 0.600. The van der Waals surface area contributed by atoms with Gasteiger partial charge in [-0.2, -0.15) is 0 Å². The van der Waals surface area contributed by atoms with Crippen LogP contribution in [0, 0.1) is 0 Å². The number of amides is 1. The Kier molecular flexibility index (Phi) is 18.1. The predicted molar refractivity (Wildman–Crippen MR) is 159 cm³/mol. The van der Waals surface area contributed by atoms with Crippen molar-refractivity contribution >= 4 is 11.9 Å². The first-order chi connectivity index (χ1) is 20.2. The molecule has 4 heterocycles. The molecule has 4 rings (SSSR count). The first-order valence-corrected chi connectivity index (χ1v) is 12.5. The first-order valence-electron chi connectivity index (χ1n) is 12.5. The Hall–Kier alpha value is -4.10. The number of methoxy groups -OCH3 is 1. The van der Waals surface area contributed by atoms with E-state index in [1.807, 2.05) is 9.97 Å². The second-order valence-electron chi connectivity index (χ2n) is 9.50. The number of rotatable bonds is 8. The van der Waals surface area contributed by atoms with Gasteiger partial charge in [0, 0.05) is 23.5 Å². The molecule has 0 radical (unpaired) electrons. The molecule has 0 aromatic carbocycles. The summed E-state index contributed by atoms with van der Waals surface area (Å²) in [5, 5.41) is 57.1. The van der Waals surface area contributed by atoms with E-state index in [9.17, 15) is 49.2 Å². The number of aliphatic hydroxyl groups excluding tert-OH is 6. The standard InChI is InChI=1S/C12H16N2O8.C11H15N3O7.2CH4.H3N.H2O/c1-21-7(16)2-5-3-14(12(20)13-10(5)19)11-9(18)8(17)6(4-15)22-11;12-6(16)1-4-2-14(11(20)13-9(4)19)10-8(18)7(17)5(3-15)21-10;;;;/h3,6,8-9,11,15,17-18H,2,4H2,1H3,(H,13,19,20);2,5,7-8,10,15,17-18H,1,3H2,(H2,12,16)(H,13,19,20);2*1H4;1H3;1H2/t6-,8+,9?,11-;5-,7+,8?,10-;;;;/m11..../s1. The van der Waals surface area contributed by atoms with Crippen molar-refractivity contribution in [1.29, 1.82) is 0 Å². The van der Waals surface area contributed by atoms with Crippen molar-refractivity contribution in [3.63, 3.8) is 0 Å². The van der Waals surface area contributed by atoms with Crippen LogP contribution in [0.5, 0.6) is 0 Å². The van der Waals surface area contributed by atoms with Crippen molar-refractivity contribution in [2.24, 2.45) is 5.73 Å². The number of aromatic nitrogens is 4. The molecule has 0 aliphatic carbocycles. The Bertz CT molecular complexity index is 1550. The van der Waals surface area contributed by atoms with Crippen LogP contribution in [0.1, 0.15) is 38.4 Å². The molecule has 47 heavy (non-hydrogen) atoms. The lowest BCUT2D eigenvalue weighted by atomic mass is 10.1. The number of esters is 1. The van der Waals surface area contributed by atoms with Crippen LogP contribution in [0.4, 0.5) is 0 Å². The number of ether oxygens (including phenoxy) is 3. The first kappa shape index (κ1) is 45.0. The summed E-state index contributed by atoms with van der Waals surface area (Å²) in [6, 6.07) is 0. The van der Waals surface area contributed by atoms with Crippen LogP contribution in [0.15, 0.2) is 31.6 Å². The third-order valence-corrected chi connectivity index (χ3v) is 6.59. The smallest absolute Gasteiger partial charge is 0.330 e. The lowest BCUT2D eigenvalue weighted by Crippen LogP contribution is -2.39. The Balaban J connectivity index is 0. The van der Waals surface area contributed by atoms with Gasteiger partial charge in [0.1, 0.15) is 36.6 Å². The molecule has 22 nitrogen and oxygen atoms in total. The number of nitrogens with zero attached hydrogens (tertiary/aromatic N) is 2. The highest BCUT2D eigenvalue weighted by Crippen LogP contribution is 2.29. The van der Waals surface area contributed by atoms with E-state index in [2.05, 4.69) is 4.74 Å². The molecule has 0 saturated carbocycles. The largest absolute Gasteiger partial charge is 0.469 e. The maximum atomic E-state index is 11.8. The minimum Gasteiger partial charge on any atom is -0.469 e. The van der Waals surface area contributed by atoms with Gasteiger partial charge in [-0.25, -0.2) is 9.59 Å². The average Bonchev–Trinajstić information content (AvgIpc) is 3.41. The summed E-state index contributed by atoms with van der Waals surface area (Å²) in [7, 11) is 1.15. The molecule has 2 aromatic heterocycles. The van der Waals surface area contributed by atoms with Gasteiger partial charge in [0.2, 0.25) is 5.91 Å². The molecule has 2 aliphatic rings. The summed E-state index contributed by atoms with van der Waals surface area (Å²) in [5.74, 6) is -1.45. The van der Waals surface area contributed by atoms with Crippen LogP contribution in [-0.2, 0) is 36.6 Å². The monoisotopic (exact) mass is 684 g/mol. The number of aliphatic hydroxyl groups is 6. The number of hydrogen-bond donors (Lipinski definition) is 10. The molecule has 2 aliphatic heterocycles. The Morgan fingerprint density at radius 3 is 1.45 bits per heavy atom. The Morgan fingerprint density at radius 1 is 0.787 bits per heavy atom. The summed E-state index contributed by atoms with van der Waals surface area (Å²) in [6.45, 7) is -1.11. The Labute approximate surface area is 265 Å². The minimum atomic E-state index is -1.48. The van der Waals surface area contributed by atoms with Crippen molar-refractivity contribution in [1.82, 2.24) is 25.3 Å². The highest BCUT2D eigenvalue weighted by Gasteiger charge is 2.45. The van der Waals surface area contributed by atoms with Crippen LogP contribution in [-0.4, -0.2) is 124 Å². The van der Waals surface area contributed by atoms with Crippen molar-refractivity contribution in [3.8, 4) is 0 Å². The lowest BCUT2D eigenvalue weighted by molar-refractivity contribution is -0.139. The molecule has 2 unspecified atom stereocenters. The van der Waals surface area contributed by atoms with Gasteiger partial charge in [-0.1, -0.05) is 14.9 Å². The maximum absolute atomic E-state index is 11.8. The fourth-order valence-corrected chi connectivity index (χ4v) is 4.32. The van der Waals surface area contributed by atoms with E-state index in [1.54, 1.807) is 0 Å². The number of nitrogens with one attached hydrogen (secondary N) is 2. The molecule has 270 valence electrons. The van der Waals surface area contributed by atoms with Gasteiger partial charge < -0.3 is 62.2 Å². The van der Waals surface area contributed by atoms with Crippen molar-refractivity contribution in [2.45, 2.75) is 76.8 Å². The van der Waals surface area contributed by atoms with Gasteiger partial charge in [-0.05, 0) is 0 Å². The molecule has 0 spiro atoms. The topological polar surface area (TPSA) is 385 Å². The predicted octanol–water partition coefficient (Wildman–Crippen LogP) is -6.35. The zero-order valence-electron chi connectivity index (χ0n) is 23.6. The molecular weight excluding hydrogens is 640 g/mol. The second kappa shape index (κ2) is 18.9. The van der Waals surface area contributed by atoms with Crippen molar-refractivity contribution in [3.05, 3.63) is 65.2 Å².